The summed E-state index contributed by atoms with van der Waals surface area (Å²) in [7, 11) is 0. The second kappa shape index (κ2) is 10.5. The number of likely N-dealkylation sites (tertiary alicyclic amines) is 1. The lowest BCUT2D eigenvalue weighted by Gasteiger charge is -2.31. The quantitative estimate of drug-likeness (QED) is 0.579. The first-order valence-corrected chi connectivity index (χ1v) is 12.2. The molecule has 5 nitrogen and oxygen atoms in total. The molecule has 32 heavy (non-hydrogen) atoms. The number of carbonyl (C=O) groups excluding carboxylic acids is 1. The standard InChI is InChI=1S/C26H34FN3O2/c1-2-3-6-23-22-7-4-5-8-24(22)28-30(26(23)32)18-17-29-15-13-20(14-16-29)25(31)19-9-11-21(27)12-10-19/h9-12,20H,2-8,13-18H2,1H3. The number of rotatable bonds is 8. The molecule has 1 aromatic carbocycles. The van der Waals surface area contributed by atoms with Gasteiger partial charge in [-0.1, -0.05) is 13.3 Å². The summed E-state index contributed by atoms with van der Waals surface area (Å²) >= 11 is 0. The molecule has 1 aromatic heterocycles. The van der Waals surface area contributed by atoms with Gasteiger partial charge in [0.15, 0.2) is 5.78 Å². The number of aryl methyl sites for hydroxylation is 1. The molecule has 0 radical (unpaired) electrons. The van der Waals surface area contributed by atoms with Gasteiger partial charge in [0.05, 0.1) is 12.2 Å². The maximum atomic E-state index is 13.2. The summed E-state index contributed by atoms with van der Waals surface area (Å²) in [6, 6.07) is 5.85. The van der Waals surface area contributed by atoms with E-state index in [1.54, 1.807) is 16.8 Å². The monoisotopic (exact) mass is 439 g/mol. The summed E-state index contributed by atoms with van der Waals surface area (Å²) in [6.45, 7) is 5.20. The van der Waals surface area contributed by atoms with Gasteiger partial charge >= 0.3 is 0 Å². The minimum absolute atomic E-state index is 0.0121. The van der Waals surface area contributed by atoms with Crippen LogP contribution in [-0.2, 0) is 25.8 Å². The number of piperidine rings is 1. The number of unbranched alkanes of at least 4 members (excludes halogenated alkanes) is 1. The molecule has 0 N–H and O–H groups in total. The van der Waals surface area contributed by atoms with Gasteiger partial charge in [-0.05, 0) is 94.3 Å². The fourth-order valence-corrected chi connectivity index (χ4v) is 5.07. The molecule has 4 rings (SSSR count). The van der Waals surface area contributed by atoms with E-state index in [0.717, 1.165) is 88.7 Å². The van der Waals surface area contributed by atoms with Gasteiger partial charge in [0.25, 0.3) is 5.56 Å². The van der Waals surface area contributed by atoms with Crippen molar-refractivity contribution in [1.82, 2.24) is 14.7 Å². The van der Waals surface area contributed by atoms with E-state index < -0.39 is 0 Å². The zero-order valence-corrected chi connectivity index (χ0v) is 19.1. The summed E-state index contributed by atoms with van der Waals surface area (Å²) in [5.41, 5.74) is 4.05. The molecule has 2 aliphatic rings. The summed E-state index contributed by atoms with van der Waals surface area (Å²) in [5, 5.41) is 4.75. The van der Waals surface area contributed by atoms with Crippen LogP contribution in [0.1, 0.15) is 72.6 Å². The van der Waals surface area contributed by atoms with E-state index in [0.29, 0.717) is 12.1 Å². The Morgan fingerprint density at radius 3 is 2.53 bits per heavy atom. The maximum absolute atomic E-state index is 13.2. The fourth-order valence-electron chi connectivity index (χ4n) is 5.07. The number of halogens is 1. The number of benzene rings is 1. The molecule has 0 atom stereocenters. The second-order valence-corrected chi connectivity index (χ2v) is 9.23. The largest absolute Gasteiger partial charge is 0.301 e. The Kier molecular flexibility index (Phi) is 7.51. The van der Waals surface area contributed by atoms with Crippen molar-refractivity contribution in [2.45, 2.75) is 71.3 Å². The molecule has 6 heteroatoms. The Morgan fingerprint density at radius 2 is 1.81 bits per heavy atom. The van der Waals surface area contributed by atoms with Crippen molar-refractivity contribution < 1.29 is 9.18 Å². The average molecular weight is 440 g/mol. The van der Waals surface area contributed by atoms with E-state index in [-0.39, 0.29) is 23.1 Å². The number of nitrogens with zero attached hydrogens (tertiary/aromatic N) is 3. The minimum Gasteiger partial charge on any atom is -0.301 e. The van der Waals surface area contributed by atoms with Gasteiger partial charge in [-0.25, -0.2) is 9.07 Å². The number of aromatic nitrogens is 2. The molecule has 2 heterocycles. The van der Waals surface area contributed by atoms with E-state index in [1.807, 2.05) is 0 Å². The molecule has 0 amide bonds. The van der Waals surface area contributed by atoms with Gasteiger partial charge < -0.3 is 4.90 Å². The number of hydrogen-bond donors (Lipinski definition) is 0. The highest BCUT2D eigenvalue weighted by Gasteiger charge is 2.26. The summed E-state index contributed by atoms with van der Waals surface area (Å²) in [4.78, 5) is 28.2. The van der Waals surface area contributed by atoms with Gasteiger partial charge in [-0.15, -0.1) is 0 Å². The second-order valence-electron chi connectivity index (χ2n) is 9.23. The zero-order chi connectivity index (χ0) is 22.5. The Labute approximate surface area is 189 Å². The fraction of sp³-hybridized carbons (Fsp3) is 0.577. The van der Waals surface area contributed by atoms with Crippen LogP contribution in [0.25, 0.3) is 0 Å². The number of carbonyl (C=O) groups is 1. The van der Waals surface area contributed by atoms with Crippen molar-refractivity contribution in [1.29, 1.82) is 0 Å². The third kappa shape index (κ3) is 5.17. The molecule has 0 saturated carbocycles. The average Bonchev–Trinajstić information content (AvgIpc) is 2.83. The van der Waals surface area contributed by atoms with Crippen molar-refractivity contribution in [2.75, 3.05) is 19.6 Å². The predicted molar refractivity (Wildman–Crippen MR) is 124 cm³/mol. The molecule has 2 aromatic rings. The first kappa shape index (κ1) is 22.8. The van der Waals surface area contributed by atoms with Crippen molar-refractivity contribution in [3.05, 3.63) is 62.8 Å². The van der Waals surface area contributed by atoms with Gasteiger partial charge in [0.2, 0.25) is 0 Å². The molecule has 1 fully saturated rings. The molecule has 1 saturated heterocycles. The molecule has 172 valence electrons. The molecule has 1 aliphatic heterocycles. The van der Waals surface area contributed by atoms with Crippen LogP contribution >= 0.6 is 0 Å². The molecule has 1 aliphatic carbocycles. The van der Waals surface area contributed by atoms with E-state index >= 15 is 0 Å². The SMILES string of the molecule is CCCCc1c2c(nn(CCN3CCC(C(=O)c4ccc(F)cc4)CC3)c1=O)CCCC2. The highest BCUT2D eigenvalue weighted by Crippen LogP contribution is 2.23. The van der Waals surface area contributed by atoms with Gasteiger partial charge in [-0.2, -0.15) is 5.10 Å². The van der Waals surface area contributed by atoms with E-state index in [1.165, 1.54) is 17.7 Å². The van der Waals surface area contributed by atoms with Crippen molar-refractivity contribution >= 4 is 5.78 Å². The van der Waals surface area contributed by atoms with Crippen LogP contribution in [0.15, 0.2) is 29.1 Å². The van der Waals surface area contributed by atoms with Crippen LogP contribution < -0.4 is 5.56 Å². The third-order valence-corrected chi connectivity index (χ3v) is 7.03. The van der Waals surface area contributed by atoms with E-state index in [9.17, 15) is 14.0 Å². The smallest absolute Gasteiger partial charge is 0.270 e. The van der Waals surface area contributed by atoms with Crippen LogP contribution in [0.3, 0.4) is 0 Å². The van der Waals surface area contributed by atoms with Gasteiger partial charge in [-0.3, -0.25) is 9.59 Å². The maximum Gasteiger partial charge on any atom is 0.270 e. The first-order valence-electron chi connectivity index (χ1n) is 12.2. The molecule has 0 bridgehead atoms. The van der Waals surface area contributed by atoms with Crippen molar-refractivity contribution in [3.8, 4) is 0 Å². The Hall–Kier alpha value is -2.34. The van der Waals surface area contributed by atoms with E-state index in [4.69, 9.17) is 5.10 Å². The molecular weight excluding hydrogens is 405 g/mol. The molecular formula is C26H34FN3O2. The van der Waals surface area contributed by atoms with E-state index in [2.05, 4.69) is 11.8 Å². The number of fused-ring (bicyclic) bond motifs is 1. The first-order chi connectivity index (χ1) is 15.6. The van der Waals surface area contributed by atoms with Crippen LogP contribution in [-0.4, -0.2) is 40.1 Å². The number of ketones is 1. The summed E-state index contributed by atoms with van der Waals surface area (Å²) in [6.07, 6.45) is 8.86. The van der Waals surface area contributed by atoms with Crippen LogP contribution in [0.2, 0.25) is 0 Å². The number of Topliss-reactive ketones (excluding diaryl/α,β-unsaturated/α-hetero) is 1. The van der Waals surface area contributed by atoms with Crippen molar-refractivity contribution in [2.24, 2.45) is 5.92 Å². The lowest BCUT2D eigenvalue weighted by Crippen LogP contribution is -2.40. The Balaban J connectivity index is 1.37. The third-order valence-electron chi connectivity index (χ3n) is 7.03. The number of hydrogen-bond acceptors (Lipinski definition) is 4. The lowest BCUT2D eigenvalue weighted by atomic mass is 9.89. The normalized spacial score (nSPS) is 17.3. The van der Waals surface area contributed by atoms with Crippen molar-refractivity contribution in [3.63, 3.8) is 0 Å². The molecule has 0 unspecified atom stereocenters. The topological polar surface area (TPSA) is 55.2 Å². The highest BCUT2D eigenvalue weighted by molar-refractivity contribution is 5.97. The Bertz CT molecular complexity index is 991. The lowest BCUT2D eigenvalue weighted by molar-refractivity contribution is 0.0836. The zero-order valence-electron chi connectivity index (χ0n) is 19.1. The predicted octanol–water partition coefficient (Wildman–Crippen LogP) is 4.20. The molecule has 0 spiro atoms. The van der Waals surface area contributed by atoms with Gasteiger partial charge in [0.1, 0.15) is 5.82 Å². The Morgan fingerprint density at radius 1 is 1.09 bits per heavy atom. The summed E-state index contributed by atoms with van der Waals surface area (Å²) in [5.74, 6) is -0.222. The van der Waals surface area contributed by atoms with Crippen LogP contribution in [0.5, 0.6) is 0 Å². The minimum atomic E-state index is -0.319. The summed E-state index contributed by atoms with van der Waals surface area (Å²) < 4.78 is 14.8. The van der Waals surface area contributed by atoms with Crippen LogP contribution in [0.4, 0.5) is 4.39 Å². The highest BCUT2D eigenvalue weighted by atomic mass is 19.1. The van der Waals surface area contributed by atoms with Gasteiger partial charge in [0, 0.05) is 23.6 Å². The van der Waals surface area contributed by atoms with Crippen LogP contribution in [0, 0.1) is 11.7 Å².